The SMILES string of the molecule is Nc1ncnc2ccc(-c3cccc(C(=O)Nc4ccccc4)c3)cc12. The summed E-state index contributed by atoms with van der Waals surface area (Å²) >= 11 is 0. The summed E-state index contributed by atoms with van der Waals surface area (Å²) in [6, 6.07) is 22.7. The monoisotopic (exact) mass is 340 g/mol. The van der Waals surface area contributed by atoms with Gasteiger partial charge in [-0.05, 0) is 47.5 Å². The highest BCUT2D eigenvalue weighted by Crippen LogP contribution is 2.26. The molecule has 1 amide bonds. The number of carbonyl (C=O) groups is 1. The van der Waals surface area contributed by atoms with Gasteiger partial charge >= 0.3 is 0 Å². The Morgan fingerprint density at radius 2 is 1.65 bits per heavy atom. The number of anilines is 2. The van der Waals surface area contributed by atoms with Gasteiger partial charge < -0.3 is 11.1 Å². The van der Waals surface area contributed by atoms with Crippen LogP contribution in [0.2, 0.25) is 0 Å². The van der Waals surface area contributed by atoms with Crippen molar-refractivity contribution in [2.75, 3.05) is 11.1 Å². The number of aromatic nitrogens is 2. The van der Waals surface area contributed by atoms with Crippen molar-refractivity contribution in [3.63, 3.8) is 0 Å². The van der Waals surface area contributed by atoms with Crippen LogP contribution in [0.1, 0.15) is 10.4 Å². The number of fused-ring (bicyclic) bond motifs is 1. The van der Waals surface area contributed by atoms with Crippen molar-refractivity contribution in [3.05, 3.63) is 84.7 Å². The predicted molar refractivity (Wildman–Crippen MR) is 104 cm³/mol. The van der Waals surface area contributed by atoms with Crippen LogP contribution in [0.15, 0.2) is 79.1 Å². The molecule has 0 aliphatic heterocycles. The van der Waals surface area contributed by atoms with E-state index in [2.05, 4.69) is 15.3 Å². The van der Waals surface area contributed by atoms with Gasteiger partial charge in [0.05, 0.1) is 5.52 Å². The van der Waals surface area contributed by atoms with E-state index in [1.807, 2.05) is 66.7 Å². The van der Waals surface area contributed by atoms with Crippen LogP contribution in [0, 0.1) is 0 Å². The molecule has 0 aliphatic rings. The van der Waals surface area contributed by atoms with Gasteiger partial charge in [-0.25, -0.2) is 9.97 Å². The van der Waals surface area contributed by atoms with Gasteiger partial charge in [0.2, 0.25) is 0 Å². The van der Waals surface area contributed by atoms with E-state index in [1.165, 1.54) is 6.33 Å². The molecule has 0 atom stereocenters. The molecule has 4 rings (SSSR count). The maximum atomic E-state index is 12.5. The van der Waals surface area contributed by atoms with Crippen molar-refractivity contribution in [1.82, 2.24) is 9.97 Å². The average Bonchev–Trinajstić information content (AvgIpc) is 2.69. The van der Waals surface area contributed by atoms with E-state index >= 15 is 0 Å². The number of amides is 1. The Bertz CT molecular complexity index is 1090. The number of benzene rings is 3. The Labute approximate surface area is 150 Å². The second kappa shape index (κ2) is 6.64. The first-order chi connectivity index (χ1) is 12.7. The van der Waals surface area contributed by atoms with Crippen molar-refractivity contribution in [2.24, 2.45) is 0 Å². The molecule has 0 aliphatic carbocycles. The maximum absolute atomic E-state index is 12.5. The quantitative estimate of drug-likeness (QED) is 0.587. The maximum Gasteiger partial charge on any atom is 0.255 e. The topological polar surface area (TPSA) is 80.9 Å². The number of para-hydroxylation sites is 1. The zero-order valence-electron chi connectivity index (χ0n) is 13.9. The zero-order chi connectivity index (χ0) is 17.9. The van der Waals surface area contributed by atoms with Gasteiger partial charge in [-0.2, -0.15) is 0 Å². The molecule has 126 valence electrons. The number of nitrogens with one attached hydrogen (secondary N) is 1. The summed E-state index contributed by atoms with van der Waals surface area (Å²) < 4.78 is 0. The third kappa shape index (κ3) is 3.10. The smallest absolute Gasteiger partial charge is 0.255 e. The van der Waals surface area contributed by atoms with Gasteiger partial charge in [0.1, 0.15) is 12.1 Å². The van der Waals surface area contributed by atoms with Crippen molar-refractivity contribution in [2.45, 2.75) is 0 Å². The Hall–Kier alpha value is -3.73. The first-order valence-corrected chi connectivity index (χ1v) is 8.18. The summed E-state index contributed by atoms with van der Waals surface area (Å²) in [4.78, 5) is 20.8. The summed E-state index contributed by atoms with van der Waals surface area (Å²) in [7, 11) is 0. The Morgan fingerprint density at radius 1 is 0.846 bits per heavy atom. The Kier molecular flexibility index (Phi) is 4.03. The van der Waals surface area contributed by atoms with E-state index in [4.69, 9.17) is 5.73 Å². The summed E-state index contributed by atoms with van der Waals surface area (Å²) in [6.45, 7) is 0. The highest BCUT2D eigenvalue weighted by atomic mass is 16.1. The summed E-state index contributed by atoms with van der Waals surface area (Å²) in [5, 5.41) is 3.69. The van der Waals surface area contributed by atoms with Crippen LogP contribution in [-0.2, 0) is 0 Å². The number of nitrogens with zero attached hydrogens (tertiary/aromatic N) is 2. The first-order valence-electron chi connectivity index (χ1n) is 8.18. The molecule has 3 aromatic carbocycles. The van der Waals surface area contributed by atoms with Crippen LogP contribution in [0.4, 0.5) is 11.5 Å². The minimum Gasteiger partial charge on any atom is -0.383 e. The fraction of sp³-hybridized carbons (Fsp3) is 0. The molecule has 0 saturated carbocycles. The molecule has 3 N–H and O–H groups in total. The highest BCUT2D eigenvalue weighted by Gasteiger charge is 2.09. The van der Waals surface area contributed by atoms with Crippen molar-refractivity contribution in [3.8, 4) is 11.1 Å². The van der Waals surface area contributed by atoms with E-state index < -0.39 is 0 Å². The zero-order valence-corrected chi connectivity index (χ0v) is 13.9. The van der Waals surface area contributed by atoms with Crippen LogP contribution >= 0.6 is 0 Å². The van der Waals surface area contributed by atoms with Crippen LogP contribution in [-0.4, -0.2) is 15.9 Å². The molecule has 0 unspecified atom stereocenters. The summed E-state index contributed by atoms with van der Waals surface area (Å²) in [6.07, 6.45) is 1.45. The average molecular weight is 340 g/mol. The van der Waals surface area contributed by atoms with E-state index in [0.717, 1.165) is 27.7 Å². The fourth-order valence-electron chi connectivity index (χ4n) is 2.82. The van der Waals surface area contributed by atoms with Crippen LogP contribution < -0.4 is 11.1 Å². The van der Waals surface area contributed by atoms with E-state index in [9.17, 15) is 4.79 Å². The number of rotatable bonds is 3. The van der Waals surface area contributed by atoms with Crippen molar-refractivity contribution in [1.29, 1.82) is 0 Å². The van der Waals surface area contributed by atoms with Gasteiger partial charge in [0.25, 0.3) is 5.91 Å². The minimum absolute atomic E-state index is 0.151. The molecule has 0 bridgehead atoms. The second-order valence-electron chi connectivity index (χ2n) is 5.89. The van der Waals surface area contributed by atoms with Gasteiger partial charge in [0.15, 0.2) is 0 Å². The van der Waals surface area contributed by atoms with Crippen molar-refractivity contribution >= 4 is 28.3 Å². The molecular weight excluding hydrogens is 324 g/mol. The minimum atomic E-state index is -0.151. The molecule has 5 nitrogen and oxygen atoms in total. The molecule has 1 aromatic heterocycles. The van der Waals surface area contributed by atoms with E-state index in [1.54, 1.807) is 6.07 Å². The summed E-state index contributed by atoms with van der Waals surface area (Å²) in [5.74, 6) is 0.288. The number of carbonyl (C=O) groups excluding carboxylic acids is 1. The third-order valence-corrected chi connectivity index (χ3v) is 4.16. The lowest BCUT2D eigenvalue weighted by atomic mass is 10.0. The van der Waals surface area contributed by atoms with E-state index in [0.29, 0.717) is 11.4 Å². The predicted octanol–water partition coefficient (Wildman–Crippen LogP) is 4.13. The third-order valence-electron chi connectivity index (χ3n) is 4.16. The van der Waals surface area contributed by atoms with Crippen LogP contribution in [0.25, 0.3) is 22.0 Å². The highest BCUT2D eigenvalue weighted by molar-refractivity contribution is 6.05. The van der Waals surface area contributed by atoms with E-state index in [-0.39, 0.29) is 5.91 Å². The normalized spacial score (nSPS) is 10.6. The lowest BCUT2D eigenvalue weighted by Crippen LogP contribution is -2.11. The number of hydrogen-bond acceptors (Lipinski definition) is 4. The second-order valence-corrected chi connectivity index (χ2v) is 5.89. The molecular formula is C21H16N4O. The number of nitrogens with two attached hydrogens (primary N) is 1. The molecule has 5 heteroatoms. The van der Waals surface area contributed by atoms with Crippen LogP contribution in [0.3, 0.4) is 0 Å². The molecule has 0 radical (unpaired) electrons. The molecule has 0 fully saturated rings. The lowest BCUT2D eigenvalue weighted by molar-refractivity contribution is 0.102. The van der Waals surface area contributed by atoms with Gasteiger partial charge in [-0.1, -0.05) is 36.4 Å². The Balaban J connectivity index is 1.67. The first kappa shape index (κ1) is 15.8. The summed E-state index contributed by atoms with van der Waals surface area (Å²) in [5.41, 5.74) is 9.97. The van der Waals surface area contributed by atoms with Gasteiger partial charge in [-0.15, -0.1) is 0 Å². The standard InChI is InChI=1S/C21H16N4O/c22-20-18-12-15(9-10-19(18)23-13-24-20)14-5-4-6-16(11-14)21(26)25-17-7-2-1-3-8-17/h1-13H,(H,25,26)(H2,22,23,24). The largest absolute Gasteiger partial charge is 0.383 e. The van der Waals surface area contributed by atoms with Gasteiger partial charge in [0, 0.05) is 16.6 Å². The molecule has 4 aromatic rings. The van der Waals surface area contributed by atoms with Gasteiger partial charge in [-0.3, -0.25) is 4.79 Å². The van der Waals surface area contributed by atoms with Crippen LogP contribution in [0.5, 0.6) is 0 Å². The fourth-order valence-corrected chi connectivity index (χ4v) is 2.82. The number of nitrogen functional groups attached to an aromatic ring is 1. The van der Waals surface area contributed by atoms with Crippen molar-refractivity contribution < 1.29 is 4.79 Å². The molecule has 0 spiro atoms. The number of hydrogen-bond donors (Lipinski definition) is 2. The molecule has 26 heavy (non-hydrogen) atoms. The lowest BCUT2D eigenvalue weighted by Gasteiger charge is -2.08. The molecule has 1 heterocycles. The Morgan fingerprint density at radius 3 is 2.50 bits per heavy atom. The molecule has 0 saturated heterocycles.